The standard InChI is InChI=1S/C7H7AsN2/c8-6-4-2-1-3-5(6)7(9)10/h1-4H,(H3,9,10). The Hall–Kier alpha value is -0.752. The zero-order valence-electron chi connectivity index (χ0n) is 5.33. The molecule has 0 saturated carbocycles. The summed E-state index contributed by atoms with van der Waals surface area (Å²) in [5.74, 6) is 0.122. The van der Waals surface area contributed by atoms with E-state index in [1.807, 2.05) is 24.3 Å². The fourth-order valence-electron chi connectivity index (χ4n) is 0.701. The van der Waals surface area contributed by atoms with E-state index in [0.717, 1.165) is 9.91 Å². The van der Waals surface area contributed by atoms with E-state index in [1.165, 1.54) is 0 Å². The third kappa shape index (κ3) is 1.39. The van der Waals surface area contributed by atoms with E-state index in [1.54, 1.807) is 0 Å². The molecule has 2 nitrogen and oxygen atoms in total. The minimum absolute atomic E-state index is 0.122. The molecular weight excluding hydrogens is 187 g/mol. The Morgan fingerprint density at radius 2 is 2.00 bits per heavy atom. The normalized spacial score (nSPS) is 9.30. The van der Waals surface area contributed by atoms with E-state index >= 15 is 0 Å². The topological polar surface area (TPSA) is 49.9 Å². The van der Waals surface area contributed by atoms with Gasteiger partial charge in [-0.3, -0.25) is 0 Å². The van der Waals surface area contributed by atoms with Crippen molar-refractivity contribution in [2.75, 3.05) is 0 Å². The van der Waals surface area contributed by atoms with Gasteiger partial charge < -0.3 is 0 Å². The van der Waals surface area contributed by atoms with Gasteiger partial charge in [-0.05, 0) is 0 Å². The average molecular weight is 194 g/mol. The van der Waals surface area contributed by atoms with Crippen LogP contribution in [0.3, 0.4) is 0 Å². The van der Waals surface area contributed by atoms with Crippen LogP contribution >= 0.6 is 0 Å². The van der Waals surface area contributed by atoms with Crippen molar-refractivity contribution in [3.05, 3.63) is 29.8 Å². The Bertz CT molecular complexity index is 258. The third-order valence-corrected chi connectivity index (χ3v) is 2.01. The maximum absolute atomic E-state index is 7.14. The Morgan fingerprint density at radius 3 is 2.40 bits per heavy atom. The van der Waals surface area contributed by atoms with E-state index in [0.29, 0.717) is 0 Å². The van der Waals surface area contributed by atoms with E-state index in [9.17, 15) is 0 Å². The van der Waals surface area contributed by atoms with Gasteiger partial charge in [-0.2, -0.15) is 0 Å². The van der Waals surface area contributed by atoms with Gasteiger partial charge in [-0.25, -0.2) is 0 Å². The Labute approximate surface area is 68.4 Å². The number of hydrogen-bond acceptors (Lipinski definition) is 1. The van der Waals surface area contributed by atoms with Crippen LogP contribution in [0.5, 0.6) is 0 Å². The van der Waals surface area contributed by atoms with Crippen molar-refractivity contribution in [1.29, 1.82) is 5.41 Å². The van der Waals surface area contributed by atoms with Gasteiger partial charge in [0.25, 0.3) is 0 Å². The molecule has 1 aromatic rings. The first-order chi connectivity index (χ1) is 4.72. The van der Waals surface area contributed by atoms with E-state index in [2.05, 4.69) is 16.9 Å². The van der Waals surface area contributed by atoms with Crippen LogP contribution in [0.15, 0.2) is 24.3 Å². The van der Waals surface area contributed by atoms with Crippen LogP contribution in [0, 0.1) is 5.41 Å². The second kappa shape index (κ2) is 2.89. The zero-order chi connectivity index (χ0) is 7.56. The molecular formula is C7H7AsN2. The number of nitrogens with one attached hydrogen (secondary N) is 1. The van der Waals surface area contributed by atoms with Crippen LogP contribution in [0.25, 0.3) is 0 Å². The van der Waals surface area contributed by atoms with Gasteiger partial charge in [0.05, 0.1) is 0 Å². The fourth-order valence-corrected chi connectivity index (χ4v) is 1.29. The second-order valence-corrected chi connectivity index (χ2v) is 2.94. The van der Waals surface area contributed by atoms with Gasteiger partial charge in [-0.15, -0.1) is 0 Å². The summed E-state index contributed by atoms with van der Waals surface area (Å²) in [7, 11) is 0. The molecule has 0 atom stereocenters. The van der Waals surface area contributed by atoms with E-state index in [-0.39, 0.29) is 5.84 Å². The van der Waals surface area contributed by atoms with Crippen molar-refractivity contribution in [3.63, 3.8) is 0 Å². The fraction of sp³-hybridized carbons (Fsp3) is 0. The summed E-state index contributed by atoms with van der Waals surface area (Å²) in [6.07, 6.45) is 0. The molecule has 1 aromatic carbocycles. The van der Waals surface area contributed by atoms with Crippen molar-refractivity contribution in [2.45, 2.75) is 0 Å². The monoisotopic (exact) mass is 194 g/mol. The predicted molar refractivity (Wildman–Crippen MR) is 42.8 cm³/mol. The summed E-state index contributed by atoms with van der Waals surface area (Å²) in [5, 5.41) is 7.14. The van der Waals surface area contributed by atoms with Gasteiger partial charge in [0, 0.05) is 0 Å². The molecule has 1 rings (SSSR count). The first-order valence-electron chi connectivity index (χ1n) is 2.84. The number of rotatable bonds is 1. The zero-order valence-corrected chi connectivity index (χ0v) is 7.21. The molecule has 0 aromatic heterocycles. The van der Waals surface area contributed by atoms with Crippen molar-refractivity contribution in [1.82, 2.24) is 0 Å². The maximum atomic E-state index is 7.14. The van der Waals surface area contributed by atoms with Gasteiger partial charge in [0.2, 0.25) is 0 Å². The Morgan fingerprint density at radius 1 is 1.40 bits per heavy atom. The molecule has 0 saturated heterocycles. The summed E-state index contributed by atoms with van der Waals surface area (Å²) < 4.78 is 0.988. The molecule has 0 aliphatic carbocycles. The van der Waals surface area contributed by atoms with Crippen LogP contribution in [-0.4, -0.2) is 22.7 Å². The Balaban J connectivity index is 3.15. The summed E-state index contributed by atoms with van der Waals surface area (Å²) in [6.45, 7) is 0. The SMILES string of the molecule is N=C(N)c1ccccc1[As]. The predicted octanol–water partition coefficient (Wildman–Crippen LogP) is -0.236. The molecule has 3 heteroatoms. The van der Waals surface area contributed by atoms with Crippen LogP contribution < -0.4 is 10.1 Å². The van der Waals surface area contributed by atoms with Crippen LogP contribution in [0.1, 0.15) is 5.56 Å². The van der Waals surface area contributed by atoms with Crippen LogP contribution in [0.4, 0.5) is 0 Å². The van der Waals surface area contributed by atoms with Crippen molar-refractivity contribution in [2.24, 2.45) is 5.73 Å². The third-order valence-electron chi connectivity index (χ3n) is 1.19. The van der Waals surface area contributed by atoms with E-state index < -0.39 is 0 Å². The second-order valence-electron chi connectivity index (χ2n) is 1.93. The molecule has 0 heterocycles. The molecule has 0 bridgehead atoms. The number of nitrogen functional groups attached to an aromatic ring is 1. The molecule has 0 amide bonds. The van der Waals surface area contributed by atoms with Crippen LogP contribution in [0.2, 0.25) is 0 Å². The molecule has 0 spiro atoms. The van der Waals surface area contributed by atoms with Gasteiger partial charge in [0.15, 0.2) is 0 Å². The summed E-state index contributed by atoms with van der Waals surface area (Å²) in [4.78, 5) is 0. The summed E-state index contributed by atoms with van der Waals surface area (Å²) >= 11 is 2.39. The van der Waals surface area contributed by atoms with Gasteiger partial charge in [-0.1, -0.05) is 0 Å². The molecule has 0 fully saturated rings. The number of nitrogens with two attached hydrogens (primary N) is 1. The molecule has 50 valence electrons. The summed E-state index contributed by atoms with van der Waals surface area (Å²) in [5.41, 5.74) is 6.08. The van der Waals surface area contributed by atoms with Gasteiger partial charge >= 0.3 is 68.0 Å². The molecule has 10 heavy (non-hydrogen) atoms. The van der Waals surface area contributed by atoms with Crippen molar-refractivity contribution < 1.29 is 0 Å². The average Bonchev–Trinajstić information content (AvgIpc) is 1.88. The van der Waals surface area contributed by atoms with Crippen LogP contribution in [-0.2, 0) is 0 Å². The Kier molecular flexibility index (Phi) is 2.13. The molecule has 0 aliphatic rings. The first-order valence-corrected chi connectivity index (χ1v) is 3.78. The number of benzene rings is 1. The molecule has 0 unspecified atom stereocenters. The van der Waals surface area contributed by atoms with Gasteiger partial charge in [0.1, 0.15) is 0 Å². The number of amidine groups is 1. The molecule has 2 radical (unpaired) electrons. The first kappa shape index (κ1) is 7.36. The van der Waals surface area contributed by atoms with Crippen molar-refractivity contribution >= 4 is 27.0 Å². The van der Waals surface area contributed by atoms with E-state index in [4.69, 9.17) is 11.1 Å². The molecule has 0 aliphatic heterocycles. The summed E-state index contributed by atoms with van der Waals surface area (Å²) in [6, 6.07) is 7.53. The number of hydrogen-bond donors (Lipinski definition) is 2. The minimum atomic E-state index is 0.122. The quantitative estimate of drug-likeness (QED) is 0.362. The molecule has 3 N–H and O–H groups in total. The van der Waals surface area contributed by atoms with Crippen molar-refractivity contribution in [3.8, 4) is 0 Å².